The summed E-state index contributed by atoms with van der Waals surface area (Å²) in [6.07, 6.45) is 0. The van der Waals surface area contributed by atoms with Gasteiger partial charge in [0.1, 0.15) is 5.75 Å². The van der Waals surface area contributed by atoms with Crippen LogP contribution in [0.5, 0.6) is 5.75 Å². The molecule has 5 heteroatoms. The largest absolute Gasteiger partial charge is 0.508 e. The molecule has 0 aliphatic heterocycles. The lowest BCUT2D eigenvalue weighted by Crippen LogP contribution is -2.31. The molecular weight excluding hydrogens is 290 g/mol. The highest BCUT2D eigenvalue weighted by atomic mass is 35.5. The Morgan fingerprint density at radius 1 is 1.24 bits per heavy atom. The second kappa shape index (κ2) is 6.61. The lowest BCUT2D eigenvalue weighted by Gasteiger charge is -2.18. The summed E-state index contributed by atoms with van der Waals surface area (Å²) in [5.41, 5.74) is 1.64. The average Bonchev–Trinajstić information content (AvgIpc) is 2.48. The fourth-order valence-electron chi connectivity index (χ4n) is 2.03. The van der Waals surface area contributed by atoms with Crippen LogP contribution in [0.2, 0.25) is 5.02 Å². The number of halogens is 1. The van der Waals surface area contributed by atoms with Crippen molar-refractivity contribution in [2.24, 2.45) is 0 Å². The van der Waals surface area contributed by atoms with Crippen molar-refractivity contribution in [3.05, 3.63) is 64.2 Å². The Hall–Kier alpha value is -2.04. The van der Waals surface area contributed by atoms with Crippen LogP contribution in [0, 0.1) is 6.92 Å². The van der Waals surface area contributed by atoms with Crippen LogP contribution in [-0.2, 0) is 0 Å². The summed E-state index contributed by atoms with van der Waals surface area (Å²) in [5.74, 6) is -0.285. The Morgan fingerprint density at radius 3 is 2.52 bits per heavy atom. The smallest absolute Gasteiger partial charge is 0.252 e. The first-order valence-electron chi connectivity index (χ1n) is 6.48. The highest BCUT2D eigenvalue weighted by Gasteiger charge is 2.17. The number of aromatic hydroxyl groups is 1. The normalized spacial score (nSPS) is 12.0. The van der Waals surface area contributed by atoms with Crippen molar-refractivity contribution >= 4 is 17.5 Å². The van der Waals surface area contributed by atoms with Gasteiger partial charge in [-0.15, -0.1) is 0 Å². The van der Waals surface area contributed by atoms with Gasteiger partial charge in [-0.1, -0.05) is 29.8 Å². The van der Waals surface area contributed by atoms with E-state index in [1.807, 2.05) is 0 Å². The number of hydrogen-bond donors (Lipinski definition) is 3. The Balaban J connectivity index is 2.20. The second-order valence-corrected chi connectivity index (χ2v) is 5.15. The van der Waals surface area contributed by atoms with Gasteiger partial charge in [-0.2, -0.15) is 0 Å². The fraction of sp³-hybridized carbons (Fsp3) is 0.188. The molecule has 0 aliphatic rings. The summed E-state index contributed by atoms with van der Waals surface area (Å²) in [6, 6.07) is 11.1. The van der Waals surface area contributed by atoms with Gasteiger partial charge in [0.25, 0.3) is 5.91 Å². The van der Waals surface area contributed by atoms with Crippen molar-refractivity contribution in [1.29, 1.82) is 0 Å². The number of benzene rings is 2. The first-order chi connectivity index (χ1) is 10.0. The number of amides is 1. The minimum Gasteiger partial charge on any atom is -0.508 e. The summed E-state index contributed by atoms with van der Waals surface area (Å²) in [6.45, 7) is 1.44. The zero-order chi connectivity index (χ0) is 15.4. The van der Waals surface area contributed by atoms with E-state index in [1.165, 1.54) is 6.07 Å². The van der Waals surface area contributed by atoms with Gasteiger partial charge in [0, 0.05) is 16.1 Å². The van der Waals surface area contributed by atoms with Gasteiger partial charge in [-0.25, -0.2) is 0 Å². The molecule has 21 heavy (non-hydrogen) atoms. The molecule has 0 heterocycles. The molecule has 2 rings (SSSR count). The average molecular weight is 306 g/mol. The topological polar surface area (TPSA) is 69.6 Å². The van der Waals surface area contributed by atoms with Crippen LogP contribution in [0.25, 0.3) is 0 Å². The van der Waals surface area contributed by atoms with E-state index in [4.69, 9.17) is 11.6 Å². The summed E-state index contributed by atoms with van der Waals surface area (Å²) in [5, 5.41) is 22.4. The number of phenolic OH excluding ortho intramolecular Hbond substituents is 1. The molecule has 0 spiro atoms. The third-order valence-corrected chi connectivity index (χ3v) is 3.56. The van der Waals surface area contributed by atoms with Gasteiger partial charge in [0.2, 0.25) is 0 Å². The van der Waals surface area contributed by atoms with E-state index in [2.05, 4.69) is 5.32 Å². The predicted molar refractivity (Wildman–Crippen MR) is 81.6 cm³/mol. The van der Waals surface area contributed by atoms with E-state index in [0.29, 0.717) is 16.1 Å². The maximum absolute atomic E-state index is 12.3. The van der Waals surface area contributed by atoms with Crippen LogP contribution in [0.1, 0.15) is 27.5 Å². The molecule has 0 radical (unpaired) electrons. The van der Waals surface area contributed by atoms with Crippen molar-refractivity contribution < 1.29 is 15.0 Å². The summed E-state index contributed by atoms with van der Waals surface area (Å²) in [4.78, 5) is 12.3. The van der Waals surface area contributed by atoms with Crippen molar-refractivity contribution in [2.45, 2.75) is 13.0 Å². The number of carbonyl (C=O) groups is 1. The molecule has 1 amide bonds. The zero-order valence-electron chi connectivity index (χ0n) is 11.5. The SMILES string of the molecule is Cc1c(O)cccc1C(=O)NC(CO)c1ccc(Cl)cc1. The van der Waals surface area contributed by atoms with Gasteiger partial charge in [0.15, 0.2) is 0 Å². The molecule has 2 aromatic rings. The monoisotopic (exact) mass is 305 g/mol. The third kappa shape index (κ3) is 3.54. The van der Waals surface area contributed by atoms with Crippen molar-refractivity contribution in [3.63, 3.8) is 0 Å². The number of nitrogens with one attached hydrogen (secondary N) is 1. The number of carbonyl (C=O) groups excluding carboxylic acids is 1. The third-order valence-electron chi connectivity index (χ3n) is 3.31. The van der Waals surface area contributed by atoms with Gasteiger partial charge in [-0.3, -0.25) is 4.79 Å². The van der Waals surface area contributed by atoms with Crippen LogP contribution in [0.4, 0.5) is 0 Å². The lowest BCUT2D eigenvalue weighted by atomic mass is 10.0. The molecule has 1 atom stereocenters. The molecule has 2 aromatic carbocycles. The van der Waals surface area contributed by atoms with Crippen LogP contribution in [0.15, 0.2) is 42.5 Å². The van der Waals surface area contributed by atoms with Gasteiger partial charge in [-0.05, 0) is 36.8 Å². The summed E-state index contributed by atoms with van der Waals surface area (Å²) in [7, 11) is 0. The van der Waals surface area contributed by atoms with Crippen LogP contribution in [-0.4, -0.2) is 22.7 Å². The van der Waals surface area contributed by atoms with Crippen molar-refractivity contribution in [3.8, 4) is 5.75 Å². The number of hydrogen-bond acceptors (Lipinski definition) is 3. The Labute approximate surface area is 128 Å². The van der Waals surface area contributed by atoms with E-state index < -0.39 is 6.04 Å². The fourth-order valence-corrected chi connectivity index (χ4v) is 2.16. The highest BCUT2D eigenvalue weighted by molar-refractivity contribution is 6.30. The zero-order valence-corrected chi connectivity index (χ0v) is 12.3. The standard InChI is InChI=1S/C16H16ClNO3/c1-10-13(3-2-4-15(10)20)16(21)18-14(9-19)11-5-7-12(17)8-6-11/h2-8,14,19-20H,9H2,1H3,(H,18,21). The maximum Gasteiger partial charge on any atom is 0.252 e. The number of phenols is 1. The van der Waals surface area contributed by atoms with Crippen LogP contribution >= 0.6 is 11.6 Å². The number of aliphatic hydroxyl groups is 1. The van der Waals surface area contributed by atoms with E-state index >= 15 is 0 Å². The summed E-state index contributed by atoms with van der Waals surface area (Å²) >= 11 is 5.82. The highest BCUT2D eigenvalue weighted by Crippen LogP contribution is 2.21. The van der Waals surface area contributed by atoms with Crippen molar-refractivity contribution in [2.75, 3.05) is 6.61 Å². The number of rotatable bonds is 4. The lowest BCUT2D eigenvalue weighted by molar-refractivity contribution is 0.0915. The van der Waals surface area contributed by atoms with Gasteiger partial charge >= 0.3 is 0 Å². The Morgan fingerprint density at radius 2 is 1.90 bits per heavy atom. The molecule has 0 saturated carbocycles. The minimum absolute atomic E-state index is 0.0645. The molecule has 1 unspecified atom stereocenters. The van der Waals surface area contributed by atoms with Gasteiger partial charge < -0.3 is 15.5 Å². The Kier molecular flexibility index (Phi) is 4.83. The molecule has 0 aromatic heterocycles. The molecule has 0 saturated heterocycles. The quantitative estimate of drug-likeness (QED) is 0.813. The number of aliphatic hydroxyl groups excluding tert-OH is 1. The van der Waals surface area contributed by atoms with E-state index in [-0.39, 0.29) is 18.3 Å². The second-order valence-electron chi connectivity index (χ2n) is 4.71. The predicted octanol–water partition coefficient (Wildman–Crippen LogP) is 2.82. The van der Waals surface area contributed by atoms with Gasteiger partial charge in [0.05, 0.1) is 12.6 Å². The maximum atomic E-state index is 12.3. The molecule has 0 bridgehead atoms. The molecule has 4 nitrogen and oxygen atoms in total. The molecular formula is C16H16ClNO3. The first kappa shape index (κ1) is 15.4. The first-order valence-corrected chi connectivity index (χ1v) is 6.86. The molecule has 110 valence electrons. The summed E-state index contributed by atoms with van der Waals surface area (Å²) < 4.78 is 0. The minimum atomic E-state index is -0.531. The van der Waals surface area contributed by atoms with E-state index in [9.17, 15) is 15.0 Å². The molecule has 3 N–H and O–H groups in total. The van der Waals surface area contributed by atoms with Crippen LogP contribution in [0.3, 0.4) is 0 Å². The van der Waals surface area contributed by atoms with Crippen molar-refractivity contribution in [1.82, 2.24) is 5.32 Å². The Bertz CT molecular complexity index is 640. The van der Waals surface area contributed by atoms with E-state index in [0.717, 1.165) is 5.56 Å². The molecule has 0 fully saturated rings. The molecule has 0 aliphatic carbocycles. The van der Waals surface area contributed by atoms with Crippen LogP contribution < -0.4 is 5.32 Å². The van der Waals surface area contributed by atoms with E-state index in [1.54, 1.807) is 43.3 Å².